The lowest BCUT2D eigenvalue weighted by Gasteiger charge is -2.43. The van der Waals surface area contributed by atoms with Gasteiger partial charge in [0.05, 0.1) is 5.60 Å². The summed E-state index contributed by atoms with van der Waals surface area (Å²) in [5.41, 5.74) is 0.156. The Morgan fingerprint density at radius 3 is 2.59 bits per heavy atom. The molecule has 1 heterocycles. The molecule has 3 nitrogen and oxygen atoms in total. The first-order valence-electron chi connectivity index (χ1n) is 6.07. The highest BCUT2D eigenvalue weighted by molar-refractivity contribution is 5.73. The molecule has 0 saturated carbocycles. The zero-order valence-electron chi connectivity index (χ0n) is 10.4. The second-order valence-corrected chi connectivity index (χ2v) is 4.91. The summed E-state index contributed by atoms with van der Waals surface area (Å²) < 4.78 is 0. The van der Waals surface area contributed by atoms with Gasteiger partial charge in [0.2, 0.25) is 5.91 Å². The number of benzene rings is 1. The summed E-state index contributed by atoms with van der Waals surface area (Å²) in [5.74, 6) is 0.148. The summed E-state index contributed by atoms with van der Waals surface area (Å²) in [7, 11) is 0. The predicted octanol–water partition coefficient (Wildman–Crippen LogP) is 1.76. The van der Waals surface area contributed by atoms with Crippen LogP contribution in [0.25, 0.3) is 0 Å². The summed E-state index contributed by atoms with van der Waals surface area (Å²) in [6, 6.07) is 9.75. The molecular weight excluding hydrogens is 214 g/mol. The number of hydrogen-bond donors (Lipinski definition) is 1. The fourth-order valence-corrected chi connectivity index (χ4v) is 2.57. The van der Waals surface area contributed by atoms with Crippen LogP contribution in [0.4, 0.5) is 0 Å². The smallest absolute Gasteiger partial charge is 0.219 e. The van der Waals surface area contributed by atoms with Crippen molar-refractivity contribution in [3.8, 4) is 0 Å². The van der Waals surface area contributed by atoms with E-state index in [0.29, 0.717) is 19.5 Å². The van der Waals surface area contributed by atoms with Crippen molar-refractivity contribution in [2.24, 2.45) is 5.92 Å². The third-order valence-electron chi connectivity index (χ3n) is 3.79. The van der Waals surface area contributed by atoms with E-state index in [4.69, 9.17) is 0 Å². The molecule has 3 heteroatoms. The van der Waals surface area contributed by atoms with E-state index in [1.54, 1.807) is 6.92 Å². The highest BCUT2D eigenvalue weighted by Gasteiger charge is 2.40. The van der Waals surface area contributed by atoms with Gasteiger partial charge in [-0.25, -0.2) is 0 Å². The average molecular weight is 233 g/mol. The largest absolute Gasteiger partial charge is 0.385 e. The number of carbonyl (C=O) groups excluding carboxylic acids is 1. The Morgan fingerprint density at radius 1 is 1.41 bits per heavy atom. The summed E-state index contributed by atoms with van der Waals surface area (Å²) in [5, 5.41) is 10.8. The summed E-state index contributed by atoms with van der Waals surface area (Å²) in [4.78, 5) is 13.1. The molecule has 1 aliphatic heterocycles. The third-order valence-corrected chi connectivity index (χ3v) is 3.79. The first kappa shape index (κ1) is 12.1. The molecule has 1 aromatic rings. The molecule has 0 unspecified atom stereocenters. The van der Waals surface area contributed by atoms with Crippen molar-refractivity contribution >= 4 is 5.91 Å². The molecule has 1 fully saturated rings. The molecule has 0 aliphatic carbocycles. The quantitative estimate of drug-likeness (QED) is 0.803. The third kappa shape index (κ3) is 2.20. The Balaban J connectivity index is 2.21. The summed E-state index contributed by atoms with van der Waals surface area (Å²) >= 11 is 0. The minimum Gasteiger partial charge on any atom is -0.385 e. The van der Waals surface area contributed by atoms with Gasteiger partial charge < -0.3 is 10.0 Å². The van der Waals surface area contributed by atoms with Crippen molar-refractivity contribution in [1.82, 2.24) is 4.90 Å². The number of nitrogens with zero attached hydrogens (tertiary/aromatic N) is 1. The van der Waals surface area contributed by atoms with E-state index in [1.165, 1.54) is 0 Å². The Labute approximate surface area is 102 Å². The lowest BCUT2D eigenvalue weighted by Crippen LogP contribution is -2.50. The van der Waals surface area contributed by atoms with Gasteiger partial charge in [-0.05, 0) is 12.0 Å². The minimum atomic E-state index is -0.798. The van der Waals surface area contributed by atoms with Crippen LogP contribution in [0.3, 0.4) is 0 Å². The SMILES string of the molecule is CC(=O)N1CC[C@@](O)(c2ccccc2)[C@H](C)C1. The van der Waals surface area contributed by atoms with Gasteiger partial charge in [-0.3, -0.25) is 4.79 Å². The van der Waals surface area contributed by atoms with E-state index in [0.717, 1.165) is 5.56 Å². The molecule has 1 aliphatic rings. The molecular formula is C14H19NO2. The summed E-state index contributed by atoms with van der Waals surface area (Å²) in [6.07, 6.45) is 0.609. The van der Waals surface area contributed by atoms with Gasteiger partial charge in [0.15, 0.2) is 0 Å². The number of amides is 1. The maximum Gasteiger partial charge on any atom is 0.219 e. The van der Waals surface area contributed by atoms with Crippen molar-refractivity contribution in [2.45, 2.75) is 25.9 Å². The van der Waals surface area contributed by atoms with Crippen molar-refractivity contribution in [2.75, 3.05) is 13.1 Å². The molecule has 2 rings (SSSR count). The molecule has 1 amide bonds. The highest BCUT2D eigenvalue weighted by Crippen LogP contribution is 2.36. The second-order valence-electron chi connectivity index (χ2n) is 4.91. The van der Waals surface area contributed by atoms with Crippen LogP contribution in [0.5, 0.6) is 0 Å². The predicted molar refractivity (Wildman–Crippen MR) is 66.4 cm³/mol. The first-order chi connectivity index (χ1) is 8.04. The molecule has 2 atom stereocenters. The number of carbonyl (C=O) groups is 1. The normalized spacial score (nSPS) is 29.1. The topological polar surface area (TPSA) is 40.5 Å². The standard InChI is InChI=1S/C14H19NO2/c1-11-10-15(12(2)16)9-8-14(11,17)13-6-4-3-5-7-13/h3-7,11,17H,8-10H2,1-2H3/t11-,14+/m1/s1. The number of aliphatic hydroxyl groups is 1. The molecule has 1 saturated heterocycles. The van der Waals surface area contributed by atoms with Gasteiger partial charge in [0.25, 0.3) is 0 Å². The van der Waals surface area contributed by atoms with Crippen LogP contribution < -0.4 is 0 Å². The maximum atomic E-state index is 11.3. The van der Waals surface area contributed by atoms with Crippen molar-refractivity contribution in [3.63, 3.8) is 0 Å². The van der Waals surface area contributed by atoms with Gasteiger partial charge in [0, 0.05) is 25.9 Å². The van der Waals surface area contributed by atoms with E-state index >= 15 is 0 Å². The van der Waals surface area contributed by atoms with Crippen LogP contribution >= 0.6 is 0 Å². The van der Waals surface area contributed by atoms with Crippen LogP contribution in [-0.4, -0.2) is 29.0 Å². The molecule has 92 valence electrons. The lowest BCUT2D eigenvalue weighted by molar-refractivity contribution is -0.137. The highest BCUT2D eigenvalue weighted by atomic mass is 16.3. The monoisotopic (exact) mass is 233 g/mol. The first-order valence-corrected chi connectivity index (χ1v) is 6.07. The Kier molecular flexibility index (Phi) is 3.20. The van der Waals surface area contributed by atoms with E-state index in [-0.39, 0.29) is 11.8 Å². The molecule has 0 bridgehead atoms. The molecule has 1 N–H and O–H groups in total. The van der Waals surface area contributed by atoms with E-state index in [1.807, 2.05) is 42.2 Å². The molecule has 0 spiro atoms. The fourth-order valence-electron chi connectivity index (χ4n) is 2.57. The van der Waals surface area contributed by atoms with E-state index < -0.39 is 5.60 Å². The van der Waals surface area contributed by atoms with Crippen LogP contribution in [0.1, 0.15) is 25.8 Å². The maximum absolute atomic E-state index is 11.3. The Bertz CT molecular complexity index is 404. The fraction of sp³-hybridized carbons (Fsp3) is 0.500. The van der Waals surface area contributed by atoms with Gasteiger partial charge in [-0.1, -0.05) is 37.3 Å². The number of hydrogen-bond acceptors (Lipinski definition) is 2. The second kappa shape index (κ2) is 4.49. The van der Waals surface area contributed by atoms with Gasteiger partial charge >= 0.3 is 0 Å². The molecule has 0 aromatic heterocycles. The van der Waals surface area contributed by atoms with Crippen molar-refractivity contribution in [3.05, 3.63) is 35.9 Å². The molecule has 17 heavy (non-hydrogen) atoms. The average Bonchev–Trinajstić information content (AvgIpc) is 2.33. The van der Waals surface area contributed by atoms with Crippen molar-refractivity contribution in [1.29, 1.82) is 0 Å². The molecule has 1 aromatic carbocycles. The zero-order valence-corrected chi connectivity index (χ0v) is 10.4. The zero-order chi connectivity index (χ0) is 12.5. The van der Waals surface area contributed by atoms with E-state index in [9.17, 15) is 9.90 Å². The summed E-state index contributed by atoms with van der Waals surface area (Å²) in [6.45, 7) is 4.84. The van der Waals surface area contributed by atoms with Gasteiger partial charge in [-0.15, -0.1) is 0 Å². The number of piperidine rings is 1. The number of rotatable bonds is 1. The Hall–Kier alpha value is -1.35. The van der Waals surface area contributed by atoms with Gasteiger partial charge in [0.1, 0.15) is 0 Å². The van der Waals surface area contributed by atoms with Crippen molar-refractivity contribution < 1.29 is 9.90 Å². The lowest BCUT2D eigenvalue weighted by atomic mass is 9.77. The van der Waals surface area contributed by atoms with Crippen LogP contribution in [0, 0.1) is 5.92 Å². The number of likely N-dealkylation sites (tertiary alicyclic amines) is 1. The Morgan fingerprint density at radius 2 is 2.06 bits per heavy atom. The molecule has 0 radical (unpaired) electrons. The van der Waals surface area contributed by atoms with Crippen LogP contribution in [0.2, 0.25) is 0 Å². The van der Waals surface area contributed by atoms with Gasteiger partial charge in [-0.2, -0.15) is 0 Å². The van der Waals surface area contributed by atoms with Crippen LogP contribution in [-0.2, 0) is 10.4 Å². The van der Waals surface area contributed by atoms with E-state index in [2.05, 4.69) is 0 Å². The van der Waals surface area contributed by atoms with Crippen LogP contribution in [0.15, 0.2) is 30.3 Å². The minimum absolute atomic E-state index is 0.0579.